The molecule has 9 heavy (non-hydrogen) atoms. The minimum absolute atomic E-state index is 0.623. The van der Waals surface area contributed by atoms with Crippen molar-refractivity contribution in [3.05, 3.63) is 26.7 Å². The Balaban J connectivity index is 4.62. The van der Waals surface area contributed by atoms with Crippen LogP contribution in [0.3, 0.4) is 0 Å². The van der Waals surface area contributed by atoms with E-state index in [0.717, 1.165) is 6.92 Å². The SMILES string of the molecule is CC(O)=C([N+]#N)[N+](=O)[O-]. The van der Waals surface area contributed by atoms with Gasteiger partial charge in [-0.3, -0.25) is 10.1 Å². The smallest absolute Gasteiger partial charge is 0.500 e. The first-order valence-corrected chi connectivity index (χ1v) is 1.99. The van der Waals surface area contributed by atoms with E-state index < -0.39 is 16.5 Å². The molecule has 0 spiro atoms. The summed E-state index contributed by atoms with van der Waals surface area (Å²) in [5, 5.41) is 25.9. The Hall–Kier alpha value is -1.64. The molecule has 0 saturated carbocycles. The third kappa shape index (κ3) is 1.73. The van der Waals surface area contributed by atoms with Crippen molar-refractivity contribution in [1.82, 2.24) is 0 Å². The van der Waals surface area contributed by atoms with Gasteiger partial charge in [0.1, 0.15) is 0 Å². The average Bonchev–Trinajstić information content (AvgIpc) is 1.64. The minimum Gasteiger partial charge on any atom is -0.500 e. The fourth-order valence-electron chi connectivity index (χ4n) is 0.241. The molecule has 0 saturated heterocycles. The van der Waals surface area contributed by atoms with Crippen molar-refractivity contribution >= 4 is 0 Å². The van der Waals surface area contributed by atoms with E-state index in [1.807, 2.05) is 0 Å². The van der Waals surface area contributed by atoms with Gasteiger partial charge < -0.3 is 5.11 Å². The quantitative estimate of drug-likeness (QED) is 0.246. The van der Waals surface area contributed by atoms with E-state index in [2.05, 4.69) is 4.98 Å². The second-order valence-electron chi connectivity index (χ2n) is 1.27. The van der Waals surface area contributed by atoms with Gasteiger partial charge in [0.2, 0.25) is 5.39 Å². The molecule has 0 aliphatic heterocycles. The first-order valence-electron chi connectivity index (χ1n) is 1.99. The number of aliphatic hydroxyl groups excluding tert-OH is 1. The molecule has 0 aromatic carbocycles. The van der Waals surface area contributed by atoms with Crippen LogP contribution in [0.25, 0.3) is 4.98 Å². The maximum absolute atomic E-state index is 9.71. The molecule has 0 amide bonds. The zero-order valence-corrected chi connectivity index (χ0v) is 4.61. The van der Waals surface area contributed by atoms with Crippen LogP contribution >= 0.6 is 0 Å². The lowest BCUT2D eigenvalue weighted by atomic mass is 10.6. The fourth-order valence-corrected chi connectivity index (χ4v) is 0.241. The van der Waals surface area contributed by atoms with Crippen molar-refractivity contribution in [3.8, 4) is 0 Å². The van der Waals surface area contributed by atoms with E-state index in [-0.39, 0.29) is 0 Å². The number of hydrogen-bond donors (Lipinski definition) is 1. The van der Waals surface area contributed by atoms with Crippen LogP contribution in [-0.4, -0.2) is 10.0 Å². The molecule has 0 aromatic heterocycles. The third-order valence-electron chi connectivity index (χ3n) is 0.591. The predicted octanol–water partition coefficient (Wildman–Crippen LogP) is 0.863. The zero-order chi connectivity index (χ0) is 7.44. The summed E-state index contributed by atoms with van der Waals surface area (Å²) >= 11 is 0. The number of diazo groups is 1. The molecule has 0 rings (SSSR count). The monoisotopic (exact) mass is 130 g/mol. The second kappa shape index (κ2) is 2.61. The van der Waals surface area contributed by atoms with Gasteiger partial charge in [-0.25, -0.2) is 0 Å². The molecule has 0 atom stereocenters. The Bertz CT molecular complexity index is 197. The molecule has 0 aromatic rings. The molecule has 1 N–H and O–H groups in total. The summed E-state index contributed by atoms with van der Waals surface area (Å²) in [5.74, 6) is -1.56. The molecule has 48 valence electrons. The Morgan fingerprint density at radius 1 is 1.89 bits per heavy atom. The van der Waals surface area contributed by atoms with Crippen molar-refractivity contribution in [3.63, 3.8) is 0 Å². The molecule has 0 bridgehead atoms. The third-order valence-corrected chi connectivity index (χ3v) is 0.591. The van der Waals surface area contributed by atoms with Crippen molar-refractivity contribution < 1.29 is 10.0 Å². The van der Waals surface area contributed by atoms with Gasteiger partial charge in [-0.2, -0.15) is 0 Å². The van der Waals surface area contributed by atoms with Gasteiger partial charge in [0.15, 0.2) is 4.92 Å². The number of rotatable bonds is 1. The summed E-state index contributed by atoms with van der Waals surface area (Å²) in [7, 11) is 0. The number of nitro groups is 1. The van der Waals surface area contributed by atoms with Gasteiger partial charge in [0, 0.05) is 6.92 Å². The minimum atomic E-state index is -0.991. The van der Waals surface area contributed by atoms with Crippen LogP contribution in [0.1, 0.15) is 6.92 Å². The van der Waals surface area contributed by atoms with Crippen LogP contribution in [0, 0.1) is 15.5 Å². The van der Waals surface area contributed by atoms with Gasteiger partial charge in [-0.05, 0) is 0 Å². The lowest BCUT2D eigenvalue weighted by Gasteiger charge is -1.74. The lowest BCUT2D eigenvalue weighted by molar-refractivity contribution is -0.422. The van der Waals surface area contributed by atoms with E-state index in [9.17, 15) is 10.1 Å². The number of allylic oxidation sites excluding steroid dienone is 1. The molecule has 0 aliphatic carbocycles. The molecule has 0 unspecified atom stereocenters. The van der Waals surface area contributed by atoms with Crippen LogP contribution in [0.4, 0.5) is 0 Å². The van der Waals surface area contributed by atoms with Crippen molar-refractivity contribution in [2.75, 3.05) is 0 Å². The maximum atomic E-state index is 9.71. The first kappa shape index (κ1) is 7.36. The Morgan fingerprint density at radius 3 is 2.33 bits per heavy atom. The van der Waals surface area contributed by atoms with E-state index in [0.29, 0.717) is 0 Å². The molecular weight excluding hydrogens is 126 g/mol. The highest BCUT2D eigenvalue weighted by Gasteiger charge is 2.29. The summed E-state index contributed by atoms with van der Waals surface area (Å²) in [4.78, 5) is 10.9. The summed E-state index contributed by atoms with van der Waals surface area (Å²) in [6.07, 6.45) is 0. The summed E-state index contributed by atoms with van der Waals surface area (Å²) in [6.45, 7) is 1.05. The van der Waals surface area contributed by atoms with Crippen LogP contribution in [0.5, 0.6) is 0 Å². The van der Waals surface area contributed by atoms with E-state index in [4.69, 9.17) is 10.5 Å². The van der Waals surface area contributed by atoms with Crippen LogP contribution in [-0.2, 0) is 0 Å². The molecular formula is C3H4N3O3+. The summed E-state index contributed by atoms with van der Waals surface area (Å²) in [5.41, 5.74) is 0. The highest BCUT2D eigenvalue weighted by molar-refractivity contribution is 5.01. The second-order valence-corrected chi connectivity index (χ2v) is 1.27. The van der Waals surface area contributed by atoms with Gasteiger partial charge in [0.05, 0.1) is 0 Å². The Labute approximate surface area is 50.2 Å². The molecule has 6 heteroatoms. The van der Waals surface area contributed by atoms with Crippen LogP contribution in [0.2, 0.25) is 0 Å². The van der Waals surface area contributed by atoms with Gasteiger partial charge in [-0.1, -0.05) is 0 Å². The van der Waals surface area contributed by atoms with Crippen LogP contribution < -0.4 is 0 Å². The van der Waals surface area contributed by atoms with E-state index in [1.54, 1.807) is 0 Å². The number of aliphatic hydroxyl groups is 1. The Morgan fingerprint density at radius 2 is 2.33 bits per heavy atom. The number of nitrogens with zero attached hydrogens (tertiary/aromatic N) is 3. The summed E-state index contributed by atoms with van der Waals surface area (Å²) < 4.78 is 0. The maximum Gasteiger partial charge on any atom is 0.704 e. The number of hydrogen-bond acceptors (Lipinski definition) is 4. The molecule has 6 nitrogen and oxygen atoms in total. The topological polar surface area (TPSA) is 91.5 Å². The molecule has 0 aliphatic rings. The van der Waals surface area contributed by atoms with Gasteiger partial charge in [-0.15, -0.1) is 0 Å². The predicted molar refractivity (Wildman–Crippen MR) is 27.4 cm³/mol. The van der Waals surface area contributed by atoms with Gasteiger partial charge >= 0.3 is 5.82 Å². The van der Waals surface area contributed by atoms with Crippen molar-refractivity contribution in [2.24, 2.45) is 0 Å². The molecule has 0 heterocycles. The normalized spacial score (nSPS) is 11.6. The fraction of sp³-hybridized carbons (Fsp3) is 0.333. The first-order chi connectivity index (χ1) is 4.09. The molecule has 0 radical (unpaired) electrons. The highest BCUT2D eigenvalue weighted by Crippen LogP contribution is 2.01. The average molecular weight is 130 g/mol. The van der Waals surface area contributed by atoms with E-state index >= 15 is 0 Å². The van der Waals surface area contributed by atoms with Crippen molar-refractivity contribution in [1.29, 1.82) is 5.39 Å². The Kier molecular flexibility index (Phi) is 2.14. The van der Waals surface area contributed by atoms with Crippen molar-refractivity contribution in [2.45, 2.75) is 6.92 Å². The van der Waals surface area contributed by atoms with Gasteiger partial charge in [0.25, 0.3) is 10.7 Å². The zero-order valence-electron chi connectivity index (χ0n) is 4.61. The summed E-state index contributed by atoms with van der Waals surface area (Å²) in [6, 6.07) is 0. The lowest BCUT2D eigenvalue weighted by Crippen LogP contribution is -1.96. The standard InChI is InChI=1S/C3H3N3O3/c1-2(7)3(5-4)6(8)9/h1H3/p+1. The highest BCUT2D eigenvalue weighted by atomic mass is 16.6. The molecule has 0 fully saturated rings. The van der Waals surface area contributed by atoms with Crippen LogP contribution in [0.15, 0.2) is 11.6 Å². The largest absolute Gasteiger partial charge is 0.704 e. The van der Waals surface area contributed by atoms with E-state index in [1.165, 1.54) is 0 Å².